The molecule has 2 aromatic carbocycles. The maximum absolute atomic E-state index is 10.2. The largest absolute Gasteiger partial charge is 0.508 e. The monoisotopic (exact) mass is 421 g/mol. The van der Waals surface area contributed by atoms with Crippen LogP contribution in [0.5, 0.6) is 11.5 Å². The van der Waals surface area contributed by atoms with Crippen molar-refractivity contribution in [2.24, 2.45) is 5.92 Å². The lowest BCUT2D eigenvalue weighted by Crippen LogP contribution is -2.39. The van der Waals surface area contributed by atoms with Crippen molar-refractivity contribution in [3.8, 4) is 22.6 Å². The molecule has 0 spiro atoms. The number of phenols is 1. The van der Waals surface area contributed by atoms with Gasteiger partial charge in [-0.2, -0.15) is 0 Å². The van der Waals surface area contributed by atoms with Crippen LogP contribution in [-0.4, -0.2) is 10.6 Å². The quantitative estimate of drug-likeness (QED) is 0.384. The Morgan fingerprint density at radius 1 is 1.13 bits per heavy atom. The summed E-state index contributed by atoms with van der Waals surface area (Å²) in [5.74, 6) is 1.40. The maximum Gasteiger partial charge on any atom is 0.131 e. The lowest BCUT2D eigenvalue weighted by Gasteiger charge is -2.42. The number of benzene rings is 2. The molecular weight excluding hydrogens is 394 g/mol. The summed E-state index contributed by atoms with van der Waals surface area (Å²) in [6.45, 7) is 8.64. The Balaban J connectivity index is 1.79. The molecule has 3 nitrogen and oxygen atoms in total. The van der Waals surface area contributed by atoms with Gasteiger partial charge in [-0.1, -0.05) is 23.8 Å². The molecule has 0 fully saturated rings. The summed E-state index contributed by atoms with van der Waals surface area (Å²) in [5.41, 5.74) is 7.84. The van der Waals surface area contributed by atoms with Crippen molar-refractivity contribution in [3.63, 3.8) is 0 Å². The molecule has 2 heterocycles. The van der Waals surface area contributed by atoms with Gasteiger partial charge in [0.1, 0.15) is 17.6 Å². The van der Waals surface area contributed by atoms with Crippen LogP contribution in [0, 0.1) is 5.92 Å². The predicted octanol–water partition coefficient (Wildman–Crippen LogP) is 7.39. The second kappa shape index (κ2) is 6.81. The van der Waals surface area contributed by atoms with E-state index in [4.69, 9.17) is 16.5 Å². The van der Waals surface area contributed by atoms with Gasteiger partial charge in [-0.25, -0.2) is 0 Å². The average Bonchev–Trinajstić information content (AvgIpc) is 2.70. The normalized spacial score (nSPS) is 24.1. The lowest BCUT2D eigenvalue weighted by atomic mass is 9.76. The molecule has 2 atom stereocenters. The maximum atomic E-state index is 10.2. The summed E-state index contributed by atoms with van der Waals surface area (Å²) in [4.78, 5) is 0. The van der Waals surface area contributed by atoms with Crippen LogP contribution in [0.2, 0.25) is 0 Å². The minimum Gasteiger partial charge on any atom is -0.508 e. The molecule has 0 unspecified atom stereocenters. The second-order valence-corrected chi connectivity index (χ2v) is 9.81. The summed E-state index contributed by atoms with van der Waals surface area (Å²) < 4.78 is 8.50. The standard InChI is InChI=1S/C26H28ClNO2/c1-15-6-5-7-17(12-15)25-24-19(20-13-18(29)8-11-22(20)30-25)9-10-21-23(24)16(2)14-26(3,4)28(21)27/h8-14,17,25,29H,5-7H2,1-4H3/t17-,25+/m0/s1. The molecule has 30 heavy (non-hydrogen) atoms. The molecular formula is C26H28ClNO2. The van der Waals surface area contributed by atoms with E-state index in [1.807, 2.05) is 16.6 Å². The number of aromatic hydroxyl groups is 1. The molecule has 1 aliphatic carbocycles. The van der Waals surface area contributed by atoms with E-state index in [1.54, 1.807) is 6.07 Å². The molecule has 0 saturated carbocycles. The minimum absolute atomic E-state index is 0.0723. The number of anilines is 1. The number of fused-ring (bicyclic) bond motifs is 5. The number of ether oxygens (including phenoxy) is 1. The number of halogens is 1. The SMILES string of the molecule is CC1=C[C@@H]([C@H]2Oc3ccc(O)cc3-c3ccc4c(c32)C(C)=CC(C)(C)N4Cl)CCC1. The fraction of sp³-hybridized carbons (Fsp3) is 0.385. The molecule has 1 N–H and O–H groups in total. The van der Waals surface area contributed by atoms with Crippen molar-refractivity contribution >= 4 is 23.0 Å². The molecule has 2 aliphatic heterocycles. The minimum atomic E-state index is -0.268. The molecule has 0 aromatic heterocycles. The van der Waals surface area contributed by atoms with Crippen molar-refractivity contribution in [1.82, 2.24) is 0 Å². The molecule has 4 heteroatoms. The Kier molecular flexibility index (Phi) is 4.44. The Bertz CT molecular complexity index is 1100. The Hall–Kier alpha value is -2.39. The first-order valence-electron chi connectivity index (χ1n) is 10.8. The number of nitrogens with zero attached hydrogens (tertiary/aromatic N) is 1. The van der Waals surface area contributed by atoms with E-state index in [1.165, 1.54) is 23.1 Å². The fourth-order valence-corrected chi connectivity index (χ4v) is 5.59. The third-order valence-corrected chi connectivity index (χ3v) is 7.31. The van der Waals surface area contributed by atoms with E-state index < -0.39 is 0 Å². The van der Waals surface area contributed by atoms with Crippen molar-refractivity contribution < 1.29 is 9.84 Å². The van der Waals surface area contributed by atoms with Gasteiger partial charge in [0.05, 0.1) is 11.2 Å². The summed E-state index contributed by atoms with van der Waals surface area (Å²) in [7, 11) is 0. The van der Waals surface area contributed by atoms with Crippen LogP contribution in [0.3, 0.4) is 0 Å². The van der Waals surface area contributed by atoms with Gasteiger partial charge in [0.25, 0.3) is 0 Å². The molecule has 156 valence electrons. The molecule has 0 amide bonds. The van der Waals surface area contributed by atoms with Crippen LogP contribution < -0.4 is 9.16 Å². The molecule has 0 bridgehead atoms. The summed E-state index contributed by atoms with van der Waals surface area (Å²) in [5, 5.41) is 10.2. The summed E-state index contributed by atoms with van der Waals surface area (Å²) >= 11 is 6.82. The van der Waals surface area contributed by atoms with E-state index >= 15 is 0 Å². The zero-order valence-electron chi connectivity index (χ0n) is 18.0. The van der Waals surface area contributed by atoms with Gasteiger partial charge in [0.15, 0.2) is 0 Å². The highest BCUT2D eigenvalue weighted by Gasteiger charge is 2.39. The highest BCUT2D eigenvalue weighted by atomic mass is 35.5. The number of hydrogen-bond donors (Lipinski definition) is 1. The van der Waals surface area contributed by atoms with Crippen molar-refractivity contribution in [1.29, 1.82) is 0 Å². The third-order valence-electron chi connectivity index (χ3n) is 6.69. The van der Waals surface area contributed by atoms with Gasteiger partial charge in [-0.3, -0.25) is 4.42 Å². The Labute approximate surface area is 183 Å². The average molecular weight is 422 g/mol. The third kappa shape index (κ3) is 2.94. The van der Waals surface area contributed by atoms with E-state index in [9.17, 15) is 5.11 Å². The van der Waals surface area contributed by atoms with E-state index in [-0.39, 0.29) is 17.4 Å². The van der Waals surface area contributed by atoms with Gasteiger partial charge in [0.2, 0.25) is 0 Å². The van der Waals surface area contributed by atoms with Gasteiger partial charge < -0.3 is 9.84 Å². The van der Waals surface area contributed by atoms with Crippen LogP contribution in [0.25, 0.3) is 16.7 Å². The molecule has 0 saturated heterocycles. The Morgan fingerprint density at radius 3 is 2.70 bits per heavy atom. The number of phenolic OH excluding ortho intramolecular Hbond substituents is 1. The van der Waals surface area contributed by atoms with Crippen LogP contribution in [0.15, 0.2) is 48.1 Å². The first-order chi connectivity index (χ1) is 14.3. The number of rotatable bonds is 1. The topological polar surface area (TPSA) is 32.7 Å². The second-order valence-electron chi connectivity index (χ2n) is 9.47. The summed E-state index contributed by atoms with van der Waals surface area (Å²) in [6.07, 6.45) is 8.01. The van der Waals surface area contributed by atoms with E-state index in [0.717, 1.165) is 41.0 Å². The van der Waals surface area contributed by atoms with Gasteiger partial charge in [-0.15, -0.1) is 0 Å². The van der Waals surface area contributed by atoms with Crippen LogP contribution in [-0.2, 0) is 0 Å². The smallest absolute Gasteiger partial charge is 0.131 e. The van der Waals surface area contributed by atoms with Gasteiger partial charge >= 0.3 is 0 Å². The van der Waals surface area contributed by atoms with Gasteiger partial charge in [0, 0.05) is 34.4 Å². The lowest BCUT2D eigenvalue weighted by molar-refractivity contribution is 0.145. The van der Waals surface area contributed by atoms with Gasteiger partial charge in [-0.05, 0) is 82.4 Å². The molecule has 3 aliphatic rings. The highest BCUT2D eigenvalue weighted by molar-refractivity contribution is 6.28. The number of allylic oxidation sites excluding steroid dienone is 2. The molecule has 0 radical (unpaired) electrons. The van der Waals surface area contributed by atoms with E-state index in [2.05, 4.69) is 52.0 Å². The van der Waals surface area contributed by atoms with Crippen molar-refractivity contribution in [2.45, 2.75) is 58.6 Å². The highest BCUT2D eigenvalue weighted by Crippen LogP contribution is 2.54. The number of hydrogen-bond acceptors (Lipinski definition) is 3. The van der Waals surface area contributed by atoms with Crippen LogP contribution in [0.1, 0.15) is 64.2 Å². The van der Waals surface area contributed by atoms with E-state index in [0.29, 0.717) is 5.92 Å². The van der Waals surface area contributed by atoms with Crippen LogP contribution in [0.4, 0.5) is 5.69 Å². The Morgan fingerprint density at radius 2 is 1.93 bits per heavy atom. The zero-order chi connectivity index (χ0) is 21.2. The summed E-state index contributed by atoms with van der Waals surface area (Å²) in [6, 6.07) is 9.65. The zero-order valence-corrected chi connectivity index (χ0v) is 18.8. The van der Waals surface area contributed by atoms with Crippen molar-refractivity contribution in [2.75, 3.05) is 4.42 Å². The predicted molar refractivity (Wildman–Crippen MR) is 124 cm³/mol. The van der Waals surface area contributed by atoms with Crippen LogP contribution >= 0.6 is 11.8 Å². The first kappa shape index (κ1) is 19.6. The fourth-order valence-electron chi connectivity index (χ4n) is 5.40. The molecule has 5 rings (SSSR count). The molecule has 2 aromatic rings. The first-order valence-corrected chi connectivity index (χ1v) is 11.1. The van der Waals surface area contributed by atoms with Crippen molar-refractivity contribution in [3.05, 3.63) is 59.2 Å².